The molecule has 1 amide bonds. The van der Waals surface area contributed by atoms with Crippen LogP contribution in [0.2, 0.25) is 10.0 Å². The topological polar surface area (TPSA) is 29.1 Å². The van der Waals surface area contributed by atoms with Crippen molar-refractivity contribution in [1.82, 2.24) is 0 Å². The summed E-state index contributed by atoms with van der Waals surface area (Å²) in [7, 11) is 0. The van der Waals surface area contributed by atoms with E-state index in [4.69, 9.17) is 23.2 Å². The molecule has 0 fully saturated rings. The molecule has 0 radical (unpaired) electrons. The van der Waals surface area contributed by atoms with Gasteiger partial charge >= 0.3 is 0 Å². The zero-order valence-corrected chi connectivity index (χ0v) is 12.8. The summed E-state index contributed by atoms with van der Waals surface area (Å²) in [5, 5.41) is 5.53. The number of nitrogens with one attached hydrogen (secondary N) is 1. The highest BCUT2D eigenvalue weighted by Gasteiger charge is 2.10. The van der Waals surface area contributed by atoms with Gasteiger partial charge in [-0.1, -0.05) is 23.2 Å². The molecule has 1 aromatic carbocycles. The molecule has 0 spiro atoms. The highest BCUT2D eigenvalue weighted by atomic mass is 127. The monoisotopic (exact) mass is 397 g/mol. The third-order valence-corrected chi connectivity index (χ3v) is 4.36. The third-order valence-electron chi connectivity index (χ3n) is 2.01. The molecule has 0 aliphatic rings. The Balaban J connectivity index is 2.21. The molecule has 2 nitrogen and oxygen atoms in total. The summed E-state index contributed by atoms with van der Waals surface area (Å²) in [6.07, 6.45) is 0. The van der Waals surface area contributed by atoms with Gasteiger partial charge in [0.1, 0.15) is 0 Å². The van der Waals surface area contributed by atoms with Gasteiger partial charge in [0.05, 0.1) is 19.2 Å². The first-order valence-electron chi connectivity index (χ1n) is 4.56. The van der Waals surface area contributed by atoms with Crippen LogP contribution in [-0.2, 0) is 0 Å². The number of hydrogen-bond acceptors (Lipinski definition) is 2. The number of rotatable bonds is 2. The molecule has 1 heterocycles. The van der Waals surface area contributed by atoms with E-state index in [1.54, 1.807) is 23.6 Å². The highest BCUT2D eigenvalue weighted by molar-refractivity contribution is 14.1. The zero-order valence-electron chi connectivity index (χ0n) is 8.34. The maximum absolute atomic E-state index is 11.9. The molecule has 0 aliphatic heterocycles. The van der Waals surface area contributed by atoms with Gasteiger partial charge in [0.15, 0.2) is 0 Å². The first kappa shape index (κ1) is 13.1. The average molecular weight is 398 g/mol. The van der Waals surface area contributed by atoms with Crippen LogP contribution in [0.25, 0.3) is 0 Å². The van der Waals surface area contributed by atoms with Crippen LogP contribution in [0, 0.1) is 2.88 Å². The number of anilines is 1. The molecule has 1 N–H and O–H groups in total. The third kappa shape index (κ3) is 3.34. The van der Waals surface area contributed by atoms with Crippen LogP contribution in [0.5, 0.6) is 0 Å². The van der Waals surface area contributed by atoms with E-state index in [1.165, 1.54) is 11.3 Å². The second-order valence-corrected chi connectivity index (χ2v) is 6.87. The molecule has 2 rings (SSSR count). The van der Waals surface area contributed by atoms with Gasteiger partial charge in [-0.05, 0) is 46.9 Å². The maximum atomic E-state index is 11.9. The summed E-state index contributed by atoms with van der Waals surface area (Å²) < 4.78 is 1.06. The van der Waals surface area contributed by atoms with E-state index in [-0.39, 0.29) is 5.91 Å². The molecule has 17 heavy (non-hydrogen) atoms. The Morgan fingerprint density at radius 1 is 1.29 bits per heavy atom. The molecule has 0 aliphatic carbocycles. The van der Waals surface area contributed by atoms with E-state index in [1.807, 2.05) is 6.07 Å². The first-order chi connectivity index (χ1) is 8.06. The van der Waals surface area contributed by atoms with Crippen molar-refractivity contribution in [2.45, 2.75) is 0 Å². The standard InChI is InChI=1S/C11H6Cl2INOS/c12-7-1-2-8(13)9(4-7)15-11(16)6-3-10(14)17-5-6/h1-5H,(H,15,16). The number of amides is 1. The number of carbonyl (C=O) groups is 1. The highest BCUT2D eigenvalue weighted by Crippen LogP contribution is 2.26. The molecule has 0 atom stereocenters. The van der Waals surface area contributed by atoms with E-state index in [0.717, 1.165) is 2.88 Å². The minimum atomic E-state index is -0.187. The summed E-state index contributed by atoms with van der Waals surface area (Å²) in [6, 6.07) is 6.77. The van der Waals surface area contributed by atoms with Crippen molar-refractivity contribution in [3.63, 3.8) is 0 Å². The lowest BCUT2D eigenvalue weighted by Gasteiger charge is -2.06. The van der Waals surface area contributed by atoms with Crippen LogP contribution in [0.15, 0.2) is 29.6 Å². The molecule has 88 valence electrons. The molecule has 0 bridgehead atoms. The van der Waals surface area contributed by atoms with Gasteiger partial charge in [-0.15, -0.1) is 11.3 Å². The second-order valence-electron chi connectivity index (χ2n) is 3.22. The van der Waals surface area contributed by atoms with Crippen molar-refractivity contribution in [3.8, 4) is 0 Å². The number of halogens is 3. The van der Waals surface area contributed by atoms with Crippen molar-refractivity contribution >= 4 is 68.7 Å². The predicted octanol–water partition coefficient (Wildman–Crippen LogP) is 4.91. The lowest BCUT2D eigenvalue weighted by Crippen LogP contribution is -2.11. The largest absolute Gasteiger partial charge is 0.321 e. The second kappa shape index (κ2) is 5.56. The Morgan fingerprint density at radius 2 is 2.06 bits per heavy atom. The lowest BCUT2D eigenvalue weighted by atomic mass is 10.3. The Bertz CT molecular complexity index is 570. The van der Waals surface area contributed by atoms with Gasteiger partial charge in [0.2, 0.25) is 0 Å². The number of benzene rings is 1. The Labute approximate surface area is 126 Å². The Hall–Kier alpha value is -0.300. The smallest absolute Gasteiger partial charge is 0.256 e. The van der Waals surface area contributed by atoms with Crippen molar-refractivity contribution < 1.29 is 4.79 Å². The minimum Gasteiger partial charge on any atom is -0.321 e. The SMILES string of the molecule is O=C(Nc1cc(Cl)ccc1Cl)c1csc(I)c1. The molecule has 0 saturated carbocycles. The van der Waals surface area contributed by atoms with Crippen LogP contribution in [0.1, 0.15) is 10.4 Å². The van der Waals surface area contributed by atoms with E-state index in [2.05, 4.69) is 27.9 Å². The van der Waals surface area contributed by atoms with Gasteiger partial charge in [0.25, 0.3) is 5.91 Å². The predicted molar refractivity (Wildman–Crippen MR) is 81.5 cm³/mol. The molecular weight excluding hydrogens is 392 g/mol. The van der Waals surface area contributed by atoms with Crippen molar-refractivity contribution in [3.05, 3.63) is 48.1 Å². The normalized spacial score (nSPS) is 10.3. The summed E-state index contributed by atoms with van der Waals surface area (Å²) in [5.41, 5.74) is 1.14. The number of thiophene rings is 1. The fourth-order valence-corrected chi connectivity index (χ4v) is 2.88. The maximum Gasteiger partial charge on any atom is 0.256 e. The van der Waals surface area contributed by atoms with Crippen LogP contribution in [0.3, 0.4) is 0 Å². The molecule has 2 aromatic rings. The van der Waals surface area contributed by atoms with Crippen molar-refractivity contribution in [2.75, 3.05) is 5.32 Å². The van der Waals surface area contributed by atoms with Crippen LogP contribution >= 0.6 is 57.1 Å². The van der Waals surface area contributed by atoms with Gasteiger partial charge < -0.3 is 5.32 Å². The van der Waals surface area contributed by atoms with Gasteiger partial charge in [0, 0.05) is 10.4 Å². The van der Waals surface area contributed by atoms with E-state index in [0.29, 0.717) is 21.3 Å². The van der Waals surface area contributed by atoms with E-state index < -0.39 is 0 Å². The molecule has 6 heteroatoms. The fourth-order valence-electron chi connectivity index (χ4n) is 1.22. The average Bonchev–Trinajstić information content (AvgIpc) is 2.70. The molecule has 1 aromatic heterocycles. The number of hydrogen-bond donors (Lipinski definition) is 1. The molecular formula is C11H6Cl2INOS. The zero-order chi connectivity index (χ0) is 12.4. The van der Waals surface area contributed by atoms with Gasteiger partial charge in [-0.25, -0.2) is 0 Å². The first-order valence-corrected chi connectivity index (χ1v) is 7.28. The van der Waals surface area contributed by atoms with Crippen molar-refractivity contribution in [1.29, 1.82) is 0 Å². The Morgan fingerprint density at radius 3 is 2.71 bits per heavy atom. The lowest BCUT2D eigenvalue weighted by molar-refractivity contribution is 0.102. The quantitative estimate of drug-likeness (QED) is 0.716. The molecule has 0 saturated heterocycles. The van der Waals surface area contributed by atoms with E-state index in [9.17, 15) is 4.79 Å². The summed E-state index contributed by atoms with van der Waals surface area (Å²) in [5.74, 6) is -0.187. The Kier molecular flexibility index (Phi) is 4.30. The summed E-state index contributed by atoms with van der Waals surface area (Å²) >= 11 is 15.5. The van der Waals surface area contributed by atoms with Crippen LogP contribution in [-0.4, -0.2) is 5.91 Å². The van der Waals surface area contributed by atoms with Crippen LogP contribution in [0.4, 0.5) is 5.69 Å². The van der Waals surface area contributed by atoms with Gasteiger partial charge in [-0.3, -0.25) is 4.79 Å². The number of carbonyl (C=O) groups excluding carboxylic acids is 1. The minimum absolute atomic E-state index is 0.187. The summed E-state index contributed by atoms with van der Waals surface area (Å²) in [4.78, 5) is 11.9. The van der Waals surface area contributed by atoms with Crippen molar-refractivity contribution in [2.24, 2.45) is 0 Å². The van der Waals surface area contributed by atoms with Gasteiger partial charge in [-0.2, -0.15) is 0 Å². The fraction of sp³-hybridized carbons (Fsp3) is 0. The van der Waals surface area contributed by atoms with E-state index >= 15 is 0 Å². The van der Waals surface area contributed by atoms with Crippen LogP contribution < -0.4 is 5.32 Å². The molecule has 0 unspecified atom stereocenters. The summed E-state index contributed by atoms with van der Waals surface area (Å²) in [6.45, 7) is 0.